The molecule has 0 aromatic carbocycles. The van der Waals surface area contributed by atoms with Crippen molar-refractivity contribution in [3.05, 3.63) is 0 Å². The van der Waals surface area contributed by atoms with Crippen molar-refractivity contribution >= 4 is 5.97 Å². The SMILES string of the molecule is CC1(C)[C@H]2CC[C@]1(C)C[C@@H]2CC(=O)O. The molecule has 0 heterocycles. The zero-order chi connectivity index (χ0) is 10.6. The minimum Gasteiger partial charge on any atom is -0.481 e. The summed E-state index contributed by atoms with van der Waals surface area (Å²) >= 11 is 0. The second-order valence-corrected chi connectivity index (χ2v) is 5.99. The topological polar surface area (TPSA) is 37.3 Å². The molecule has 2 nitrogen and oxygen atoms in total. The summed E-state index contributed by atoms with van der Waals surface area (Å²) < 4.78 is 0. The van der Waals surface area contributed by atoms with Crippen LogP contribution in [0.15, 0.2) is 0 Å². The number of carboxylic acids is 1. The fourth-order valence-corrected chi connectivity index (χ4v) is 3.95. The zero-order valence-corrected chi connectivity index (χ0v) is 9.34. The van der Waals surface area contributed by atoms with Crippen LogP contribution >= 0.6 is 0 Å². The standard InChI is InChI=1S/C12H20O2/c1-11(2)9-4-5-12(11,3)7-8(9)6-10(13)14/h8-9H,4-7H2,1-3H3,(H,13,14)/t8-,9-,12+/m0/s1. The van der Waals surface area contributed by atoms with E-state index in [2.05, 4.69) is 20.8 Å². The summed E-state index contributed by atoms with van der Waals surface area (Å²) in [6.07, 6.45) is 4.03. The molecule has 2 aliphatic carbocycles. The average molecular weight is 196 g/mol. The lowest BCUT2D eigenvalue weighted by Crippen LogP contribution is -2.26. The normalized spacial score (nSPS) is 44.2. The van der Waals surface area contributed by atoms with Gasteiger partial charge in [-0.1, -0.05) is 20.8 Å². The molecule has 14 heavy (non-hydrogen) atoms. The van der Waals surface area contributed by atoms with Gasteiger partial charge in [0.15, 0.2) is 0 Å². The largest absolute Gasteiger partial charge is 0.481 e. The van der Waals surface area contributed by atoms with Gasteiger partial charge >= 0.3 is 5.97 Å². The van der Waals surface area contributed by atoms with Gasteiger partial charge in [0.05, 0.1) is 0 Å². The van der Waals surface area contributed by atoms with E-state index < -0.39 is 5.97 Å². The van der Waals surface area contributed by atoms with Gasteiger partial charge in [0.25, 0.3) is 0 Å². The van der Waals surface area contributed by atoms with Crippen LogP contribution in [0, 0.1) is 22.7 Å². The lowest BCUT2D eigenvalue weighted by atomic mass is 9.71. The summed E-state index contributed by atoms with van der Waals surface area (Å²) in [6, 6.07) is 0. The summed E-state index contributed by atoms with van der Waals surface area (Å²) in [5, 5.41) is 8.86. The lowest BCUT2D eigenvalue weighted by molar-refractivity contribution is -0.138. The van der Waals surface area contributed by atoms with Crippen molar-refractivity contribution in [3.8, 4) is 0 Å². The molecule has 2 aliphatic rings. The highest BCUT2D eigenvalue weighted by Gasteiger charge is 2.60. The number of hydrogen-bond acceptors (Lipinski definition) is 1. The molecule has 0 unspecified atom stereocenters. The molecule has 3 atom stereocenters. The Hall–Kier alpha value is -0.530. The first kappa shape index (κ1) is 10.0. The minimum absolute atomic E-state index is 0.354. The maximum Gasteiger partial charge on any atom is 0.303 e. The van der Waals surface area contributed by atoms with E-state index in [1.807, 2.05) is 0 Å². The molecule has 2 heteroatoms. The molecule has 0 aromatic heterocycles. The number of aliphatic carboxylic acids is 1. The molecular weight excluding hydrogens is 176 g/mol. The van der Waals surface area contributed by atoms with E-state index >= 15 is 0 Å². The van der Waals surface area contributed by atoms with Crippen LogP contribution in [0.25, 0.3) is 0 Å². The quantitative estimate of drug-likeness (QED) is 0.737. The third-order valence-electron chi connectivity index (χ3n) is 5.21. The Morgan fingerprint density at radius 1 is 1.43 bits per heavy atom. The number of hydrogen-bond donors (Lipinski definition) is 1. The predicted octanol–water partition coefficient (Wildman–Crippen LogP) is 2.92. The monoisotopic (exact) mass is 196 g/mol. The van der Waals surface area contributed by atoms with Crippen LogP contribution in [0.1, 0.15) is 46.5 Å². The molecule has 0 spiro atoms. The number of fused-ring (bicyclic) bond motifs is 2. The summed E-state index contributed by atoms with van der Waals surface area (Å²) in [5.41, 5.74) is 0.755. The van der Waals surface area contributed by atoms with Gasteiger partial charge in [-0.25, -0.2) is 0 Å². The molecule has 0 saturated heterocycles. The second kappa shape index (κ2) is 2.74. The average Bonchev–Trinajstić information content (AvgIpc) is 2.31. The van der Waals surface area contributed by atoms with E-state index in [0.717, 1.165) is 6.42 Å². The Bertz CT molecular complexity index is 267. The van der Waals surface area contributed by atoms with Gasteiger partial charge in [0.1, 0.15) is 0 Å². The van der Waals surface area contributed by atoms with E-state index in [-0.39, 0.29) is 0 Å². The Labute approximate surface area is 85.7 Å². The van der Waals surface area contributed by atoms with Crippen LogP contribution in [0.4, 0.5) is 0 Å². The Balaban J connectivity index is 2.19. The number of carbonyl (C=O) groups is 1. The van der Waals surface area contributed by atoms with E-state index in [1.165, 1.54) is 12.8 Å². The third kappa shape index (κ3) is 1.12. The molecule has 2 rings (SSSR count). The zero-order valence-electron chi connectivity index (χ0n) is 9.34. The van der Waals surface area contributed by atoms with Crippen molar-refractivity contribution in [3.63, 3.8) is 0 Å². The maximum absolute atomic E-state index is 10.7. The highest BCUT2D eigenvalue weighted by molar-refractivity contribution is 5.67. The second-order valence-electron chi connectivity index (χ2n) is 5.99. The van der Waals surface area contributed by atoms with Crippen molar-refractivity contribution in [1.29, 1.82) is 0 Å². The van der Waals surface area contributed by atoms with E-state index in [4.69, 9.17) is 5.11 Å². The number of rotatable bonds is 2. The van der Waals surface area contributed by atoms with Crippen LogP contribution < -0.4 is 0 Å². The third-order valence-corrected chi connectivity index (χ3v) is 5.21. The summed E-state index contributed by atoms with van der Waals surface area (Å²) in [4.78, 5) is 10.7. The highest BCUT2D eigenvalue weighted by atomic mass is 16.4. The molecule has 0 aliphatic heterocycles. The summed E-state index contributed by atoms with van der Waals surface area (Å²) in [7, 11) is 0. The van der Waals surface area contributed by atoms with Gasteiger partial charge in [0.2, 0.25) is 0 Å². The summed E-state index contributed by atoms with van der Waals surface area (Å²) in [5.74, 6) is 0.451. The van der Waals surface area contributed by atoms with Gasteiger partial charge in [-0.3, -0.25) is 4.79 Å². The molecule has 0 amide bonds. The molecule has 80 valence electrons. The molecule has 2 bridgehead atoms. The first-order valence-electron chi connectivity index (χ1n) is 5.59. The van der Waals surface area contributed by atoms with Gasteiger partial charge < -0.3 is 5.11 Å². The maximum atomic E-state index is 10.7. The lowest BCUT2D eigenvalue weighted by Gasteiger charge is -2.34. The fourth-order valence-electron chi connectivity index (χ4n) is 3.95. The van der Waals surface area contributed by atoms with Gasteiger partial charge in [-0.15, -0.1) is 0 Å². The molecule has 2 fully saturated rings. The van der Waals surface area contributed by atoms with Crippen LogP contribution in [0.3, 0.4) is 0 Å². The van der Waals surface area contributed by atoms with Crippen molar-refractivity contribution in [2.45, 2.75) is 46.5 Å². The van der Waals surface area contributed by atoms with Crippen LogP contribution in [-0.2, 0) is 4.79 Å². The minimum atomic E-state index is -0.623. The Kier molecular flexibility index (Phi) is 1.96. The first-order chi connectivity index (χ1) is 6.37. The molecule has 1 N–H and O–H groups in total. The Morgan fingerprint density at radius 2 is 2.07 bits per heavy atom. The van der Waals surface area contributed by atoms with Gasteiger partial charge in [-0.2, -0.15) is 0 Å². The van der Waals surface area contributed by atoms with Gasteiger partial charge in [-0.05, 0) is 41.9 Å². The van der Waals surface area contributed by atoms with Crippen molar-refractivity contribution < 1.29 is 9.90 Å². The van der Waals surface area contributed by atoms with Crippen LogP contribution in [0.5, 0.6) is 0 Å². The highest BCUT2D eigenvalue weighted by Crippen LogP contribution is 2.68. The smallest absolute Gasteiger partial charge is 0.303 e. The number of carboxylic acid groups (broad SMARTS) is 1. The van der Waals surface area contributed by atoms with Crippen molar-refractivity contribution in [2.75, 3.05) is 0 Å². The van der Waals surface area contributed by atoms with Gasteiger partial charge in [0, 0.05) is 6.42 Å². The first-order valence-corrected chi connectivity index (χ1v) is 5.59. The van der Waals surface area contributed by atoms with Crippen LogP contribution in [-0.4, -0.2) is 11.1 Å². The molecule has 0 radical (unpaired) electrons. The van der Waals surface area contributed by atoms with Crippen molar-refractivity contribution in [2.24, 2.45) is 22.7 Å². The summed E-state index contributed by atoms with van der Waals surface area (Å²) in [6.45, 7) is 6.99. The fraction of sp³-hybridized carbons (Fsp3) is 0.917. The van der Waals surface area contributed by atoms with E-state index in [9.17, 15) is 4.79 Å². The van der Waals surface area contributed by atoms with E-state index in [1.54, 1.807) is 0 Å². The molecular formula is C12H20O2. The predicted molar refractivity (Wildman–Crippen MR) is 55.0 cm³/mol. The van der Waals surface area contributed by atoms with Crippen LogP contribution in [0.2, 0.25) is 0 Å². The molecule has 0 aromatic rings. The molecule has 2 saturated carbocycles. The van der Waals surface area contributed by atoms with E-state index in [0.29, 0.717) is 29.1 Å². The van der Waals surface area contributed by atoms with Crippen molar-refractivity contribution in [1.82, 2.24) is 0 Å². The Morgan fingerprint density at radius 3 is 2.43 bits per heavy atom.